The summed E-state index contributed by atoms with van der Waals surface area (Å²) in [6.45, 7) is 0.609. The average molecular weight is 394 g/mol. The summed E-state index contributed by atoms with van der Waals surface area (Å²) < 4.78 is 51.5. The van der Waals surface area contributed by atoms with Crippen molar-refractivity contribution in [2.24, 2.45) is 0 Å². The number of sulfonamides is 2. The van der Waals surface area contributed by atoms with E-state index in [0.29, 0.717) is 13.0 Å². The highest BCUT2D eigenvalue weighted by molar-refractivity contribution is 7.89. The second-order valence-corrected chi connectivity index (χ2v) is 9.77. The van der Waals surface area contributed by atoms with Crippen molar-refractivity contribution in [2.45, 2.75) is 17.9 Å². The molecule has 9 heteroatoms. The molecule has 2 aromatic carbocycles. The fourth-order valence-electron chi connectivity index (χ4n) is 2.85. The van der Waals surface area contributed by atoms with Gasteiger partial charge in [0, 0.05) is 18.7 Å². The van der Waals surface area contributed by atoms with E-state index in [-0.39, 0.29) is 17.0 Å². The molecular weight excluding hydrogens is 376 g/mol. The first-order valence-corrected chi connectivity index (χ1v) is 11.2. The molecule has 7 nitrogen and oxygen atoms in total. The third-order valence-corrected chi connectivity index (χ3v) is 6.51. The molecule has 2 aromatic rings. The lowest BCUT2D eigenvalue weighted by molar-refractivity contribution is 0.0981. The summed E-state index contributed by atoms with van der Waals surface area (Å²) in [5, 5.41) is 0. The van der Waals surface area contributed by atoms with E-state index in [2.05, 4.69) is 0 Å². The number of carbonyl (C=O) groups is 1. The Morgan fingerprint density at radius 1 is 1.00 bits per heavy atom. The number of rotatable bonds is 4. The number of nitrogens with one attached hydrogen (secondary N) is 1. The average Bonchev–Trinajstić information content (AvgIpc) is 2.60. The Kier molecular flexibility index (Phi) is 4.87. The minimum absolute atomic E-state index is 0.0334. The first kappa shape index (κ1) is 18.6. The van der Waals surface area contributed by atoms with Crippen LogP contribution in [0.1, 0.15) is 21.5 Å². The second kappa shape index (κ2) is 6.82. The van der Waals surface area contributed by atoms with Gasteiger partial charge in [-0.05, 0) is 35.7 Å². The highest BCUT2D eigenvalue weighted by Gasteiger charge is 2.28. The van der Waals surface area contributed by atoms with Crippen LogP contribution < -0.4 is 4.72 Å². The number of carbonyl (C=O) groups excluding carboxylic acids is 1. The second-order valence-electron chi connectivity index (χ2n) is 6.09. The maximum absolute atomic E-state index is 12.9. The summed E-state index contributed by atoms with van der Waals surface area (Å²) in [7, 11) is -7.53. The van der Waals surface area contributed by atoms with Gasteiger partial charge in [-0.25, -0.2) is 21.6 Å². The molecule has 1 aliphatic heterocycles. The lowest BCUT2D eigenvalue weighted by atomic mass is 10.0. The number of hydrogen-bond acceptors (Lipinski definition) is 5. The van der Waals surface area contributed by atoms with E-state index >= 15 is 0 Å². The van der Waals surface area contributed by atoms with Gasteiger partial charge in [0.1, 0.15) is 0 Å². The molecule has 0 unspecified atom stereocenters. The smallest absolute Gasteiger partial charge is 0.264 e. The molecule has 0 fully saturated rings. The Labute approximate surface area is 152 Å². The minimum Gasteiger partial charge on any atom is -0.268 e. The normalized spacial score (nSPS) is 15.3. The van der Waals surface area contributed by atoms with Crippen LogP contribution in [0.5, 0.6) is 0 Å². The van der Waals surface area contributed by atoms with E-state index in [9.17, 15) is 21.6 Å². The molecule has 26 heavy (non-hydrogen) atoms. The van der Waals surface area contributed by atoms with Gasteiger partial charge in [-0.1, -0.05) is 30.3 Å². The van der Waals surface area contributed by atoms with Gasteiger partial charge in [0.15, 0.2) is 0 Å². The molecule has 1 amide bonds. The van der Waals surface area contributed by atoms with Crippen molar-refractivity contribution in [3.05, 3.63) is 65.2 Å². The first-order chi connectivity index (χ1) is 12.2. The van der Waals surface area contributed by atoms with Crippen molar-refractivity contribution in [1.29, 1.82) is 0 Å². The van der Waals surface area contributed by atoms with E-state index in [1.807, 2.05) is 29.0 Å². The van der Waals surface area contributed by atoms with Gasteiger partial charge >= 0.3 is 0 Å². The molecular formula is C17H18N2O5S2. The fraction of sp³-hybridized carbons (Fsp3) is 0.235. The standard InChI is InChI=1S/C17H18N2O5S2/c1-25(21,22)18-17(20)14-7-4-8-16(11-14)26(23,24)19-10-9-13-5-2-3-6-15(13)12-19/h2-8,11H,9-10,12H2,1H3,(H,18,20). The van der Waals surface area contributed by atoms with Crippen molar-refractivity contribution < 1.29 is 21.6 Å². The minimum atomic E-state index is -3.80. The summed E-state index contributed by atoms with van der Waals surface area (Å²) in [6.07, 6.45) is 1.47. The van der Waals surface area contributed by atoms with Gasteiger partial charge in [0.2, 0.25) is 20.0 Å². The molecule has 0 saturated carbocycles. The Morgan fingerprint density at radius 2 is 1.69 bits per heavy atom. The zero-order chi connectivity index (χ0) is 18.9. The Hall–Kier alpha value is -2.23. The summed E-state index contributed by atoms with van der Waals surface area (Å²) >= 11 is 0. The zero-order valence-electron chi connectivity index (χ0n) is 14.0. The van der Waals surface area contributed by atoms with Crippen molar-refractivity contribution in [3.8, 4) is 0 Å². The van der Waals surface area contributed by atoms with E-state index < -0.39 is 26.0 Å². The quantitative estimate of drug-likeness (QED) is 0.838. The molecule has 0 atom stereocenters. The molecule has 0 aliphatic carbocycles. The van der Waals surface area contributed by atoms with Crippen LogP contribution in [-0.2, 0) is 33.0 Å². The lowest BCUT2D eigenvalue weighted by Gasteiger charge is -2.28. The van der Waals surface area contributed by atoms with Crippen molar-refractivity contribution >= 4 is 26.0 Å². The van der Waals surface area contributed by atoms with Crippen LogP contribution in [0.25, 0.3) is 0 Å². The SMILES string of the molecule is CS(=O)(=O)NC(=O)c1cccc(S(=O)(=O)N2CCc3ccccc3C2)c1. The third-order valence-electron chi connectivity index (χ3n) is 4.11. The van der Waals surface area contributed by atoms with Crippen LogP contribution in [-0.4, -0.2) is 39.8 Å². The topological polar surface area (TPSA) is 101 Å². The molecule has 0 radical (unpaired) electrons. The van der Waals surface area contributed by atoms with Gasteiger partial charge in [0.05, 0.1) is 11.2 Å². The predicted molar refractivity (Wildman–Crippen MR) is 96.5 cm³/mol. The molecule has 1 heterocycles. The molecule has 1 aliphatic rings. The zero-order valence-corrected chi connectivity index (χ0v) is 15.7. The number of hydrogen-bond donors (Lipinski definition) is 1. The number of fused-ring (bicyclic) bond motifs is 1. The number of nitrogens with zero attached hydrogens (tertiary/aromatic N) is 1. The van der Waals surface area contributed by atoms with E-state index in [1.54, 1.807) is 0 Å². The van der Waals surface area contributed by atoms with Crippen LogP contribution >= 0.6 is 0 Å². The maximum atomic E-state index is 12.9. The van der Waals surface area contributed by atoms with Gasteiger partial charge in [0.25, 0.3) is 5.91 Å². The van der Waals surface area contributed by atoms with E-state index in [1.165, 1.54) is 28.6 Å². The van der Waals surface area contributed by atoms with Gasteiger partial charge in [-0.15, -0.1) is 0 Å². The van der Waals surface area contributed by atoms with Crippen LogP contribution in [0.2, 0.25) is 0 Å². The molecule has 0 bridgehead atoms. The predicted octanol–water partition coefficient (Wildman–Crippen LogP) is 1.12. The van der Waals surface area contributed by atoms with Crippen molar-refractivity contribution in [3.63, 3.8) is 0 Å². The molecule has 1 N–H and O–H groups in total. The Morgan fingerprint density at radius 3 is 2.38 bits per heavy atom. The monoisotopic (exact) mass is 394 g/mol. The van der Waals surface area contributed by atoms with Crippen LogP contribution in [0, 0.1) is 0 Å². The van der Waals surface area contributed by atoms with Crippen molar-refractivity contribution in [1.82, 2.24) is 9.03 Å². The first-order valence-electron chi connectivity index (χ1n) is 7.86. The summed E-state index contributed by atoms with van der Waals surface area (Å²) in [4.78, 5) is 11.9. The van der Waals surface area contributed by atoms with Crippen LogP contribution in [0.3, 0.4) is 0 Å². The summed E-state index contributed by atoms with van der Waals surface area (Å²) in [5.74, 6) is -0.867. The maximum Gasteiger partial charge on any atom is 0.264 e. The Balaban J connectivity index is 1.89. The summed E-state index contributed by atoms with van der Waals surface area (Å²) in [5.41, 5.74) is 2.04. The fourth-order valence-corrected chi connectivity index (χ4v) is 4.77. The van der Waals surface area contributed by atoms with Gasteiger partial charge < -0.3 is 0 Å². The lowest BCUT2D eigenvalue weighted by Crippen LogP contribution is -2.36. The molecule has 0 spiro atoms. The van der Waals surface area contributed by atoms with Crippen LogP contribution in [0.4, 0.5) is 0 Å². The largest absolute Gasteiger partial charge is 0.268 e. The number of amides is 1. The molecule has 3 rings (SSSR count). The number of benzene rings is 2. The highest BCUT2D eigenvalue weighted by Crippen LogP contribution is 2.25. The Bertz CT molecular complexity index is 1060. The molecule has 0 aromatic heterocycles. The van der Waals surface area contributed by atoms with Gasteiger partial charge in [-0.3, -0.25) is 4.79 Å². The third kappa shape index (κ3) is 3.95. The van der Waals surface area contributed by atoms with Crippen molar-refractivity contribution in [2.75, 3.05) is 12.8 Å². The summed E-state index contributed by atoms with van der Waals surface area (Å²) in [6, 6.07) is 13.0. The molecule has 0 saturated heterocycles. The molecule has 138 valence electrons. The van der Waals surface area contributed by atoms with E-state index in [0.717, 1.165) is 17.4 Å². The highest BCUT2D eigenvalue weighted by atomic mass is 32.2. The van der Waals surface area contributed by atoms with E-state index in [4.69, 9.17) is 0 Å². The van der Waals surface area contributed by atoms with Gasteiger partial charge in [-0.2, -0.15) is 4.31 Å². The van der Waals surface area contributed by atoms with Crippen LogP contribution in [0.15, 0.2) is 53.4 Å².